The number of anilines is 1. The molecule has 0 saturated carbocycles. The highest BCUT2D eigenvalue weighted by atomic mass is 79.9. The topological polar surface area (TPSA) is 49.4 Å². The van der Waals surface area contributed by atoms with Crippen molar-refractivity contribution >= 4 is 33.4 Å². The van der Waals surface area contributed by atoms with Gasteiger partial charge in [0.15, 0.2) is 0 Å². The summed E-state index contributed by atoms with van der Waals surface area (Å²) in [5, 5.41) is 2.82. The van der Waals surface area contributed by atoms with Crippen molar-refractivity contribution in [1.82, 2.24) is 4.90 Å². The van der Waals surface area contributed by atoms with Crippen LogP contribution >= 0.6 is 15.9 Å². The standard InChI is InChI=1S/C13H15BrN2O2/c1-9-4-2-5-10(13(9)14)15-11(17)8-16-7-3-6-12(16)18/h2,4-5H,3,6-8H2,1H3,(H,15,17). The lowest BCUT2D eigenvalue weighted by Gasteiger charge is -2.15. The Morgan fingerprint density at radius 3 is 2.94 bits per heavy atom. The van der Waals surface area contributed by atoms with Gasteiger partial charge in [0.05, 0.1) is 12.2 Å². The Bertz CT molecular complexity index is 488. The number of benzene rings is 1. The van der Waals surface area contributed by atoms with Gasteiger partial charge in [0, 0.05) is 17.4 Å². The third-order valence-electron chi connectivity index (χ3n) is 2.97. The molecule has 1 aliphatic rings. The molecule has 0 aromatic heterocycles. The number of carbonyl (C=O) groups excluding carboxylic acids is 2. The summed E-state index contributed by atoms with van der Waals surface area (Å²) in [7, 11) is 0. The maximum Gasteiger partial charge on any atom is 0.244 e. The van der Waals surface area contributed by atoms with Crippen molar-refractivity contribution < 1.29 is 9.59 Å². The van der Waals surface area contributed by atoms with Crippen molar-refractivity contribution in [2.75, 3.05) is 18.4 Å². The number of carbonyl (C=O) groups is 2. The molecular weight excluding hydrogens is 296 g/mol. The molecule has 1 fully saturated rings. The van der Waals surface area contributed by atoms with Gasteiger partial charge in [-0.15, -0.1) is 0 Å². The third kappa shape index (κ3) is 2.90. The first kappa shape index (κ1) is 13.1. The van der Waals surface area contributed by atoms with E-state index in [0.717, 1.165) is 22.1 Å². The van der Waals surface area contributed by atoms with E-state index >= 15 is 0 Å². The first-order chi connectivity index (χ1) is 8.58. The molecule has 18 heavy (non-hydrogen) atoms. The average Bonchev–Trinajstić information content (AvgIpc) is 2.71. The molecule has 1 heterocycles. The van der Waals surface area contributed by atoms with Gasteiger partial charge in [0.25, 0.3) is 0 Å². The number of nitrogens with zero attached hydrogens (tertiary/aromatic N) is 1. The maximum absolute atomic E-state index is 11.9. The van der Waals surface area contributed by atoms with Gasteiger partial charge in [-0.05, 0) is 40.9 Å². The molecule has 0 bridgehead atoms. The average molecular weight is 311 g/mol. The van der Waals surface area contributed by atoms with E-state index < -0.39 is 0 Å². The Labute approximate surface area is 114 Å². The molecule has 1 aliphatic heterocycles. The lowest BCUT2D eigenvalue weighted by Crippen LogP contribution is -2.34. The summed E-state index contributed by atoms with van der Waals surface area (Å²) in [5.74, 6) is -0.0926. The number of aryl methyl sites for hydroxylation is 1. The number of likely N-dealkylation sites (tertiary alicyclic amines) is 1. The van der Waals surface area contributed by atoms with Crippen LogP contribution in [0, 0.1) is 6.92 Å². The van der Waals surface area contributed by atoms with E-state index in [-0.39, 0.29) is 18.4 Å². The van der Waals surface area contributed by atoms with Crippen molar-refractivity contribution in [1.29, 1.82) is 0 Å². The van der Waals surface area contributed by atoms with Gasteiger partial charge < -0.3 is 10.2 Å². The Morgan fingerprint density at radius 2 is 2.28 bits per heavy atom. The Morgan fingerprint density at radius 1 is 1.50 bits per heavy atom. The molecule has 1 aromatic rings. The van der Waals surface area contributed by atoms with Crippen LogP contribution in [-0.4, -0.2) is 29.8 Å². The molecule has 5 heteroatoms. The van der Waals surface area contributed by atoms with Crippen LogP contribution < -0.4 is 5.32 Å². The van der Waals surface area contributed by atoms with Crippen molar-refractivity contribution in [2.24, 2.45) is 0 Å². The Balaban J connectivity index is 1.99. The highest BCUT2D eigenvalue weighted by Gasteiger charge is 2.22. The van der Waals surface area contributed by atoms with Crippen LogP contribution in [0.4, 0.5) is 5.69 Å². The molecule has 0 aliphatic carbocycles. The number of hydrogen-bond acceptors (Lipinski definition) is 2. The van der Waals surface area contributed by atoms with Crippen LogP contribution in [-0.2, 0) is 9.59 Å². The van der Waals surface area contributed by atoms with Crippen LogP contribution in [0.5, 0.6) is 0 Å². The molecule has 96 valence electrons. The van der Waals surface area contributed by atoms with Crippen LogP contribution in [0.1, 0.15) is 18.4 Å². The maximum atomic E-state index is 11.9. The molecule has 1 aromatic carbocycles. The fourth-order valence-corrected chi connectivity index (χ4v) is 2.34. The molecule has 2 rings (SSSR count). The van der Waals surface area contributed by atoms with Crippen molar-refractivity contribution in [3.8, 4) is 0 Å². The zero-order chi connectivity index (χ0) is 13.1. The Hall–Kier alpha value is -1.36. The normalized spacial score (nSPS) is 15.0. The molecule has 0 radical (unpaired) electrons. The van der Waals surface area contributed by atoms with E-state index in [1.807, 2.05) is 25.1 Å². The monoisotopic (exact) mass is 310 g/mol. The second-order valence-electron chi connectivity index (χ2n) is 4.40. The number of amides is 2. The smallest absolute Gasteiger partial charge is 0.244 e. The van der Waals surface area contributed by atoms with E-state index in [2.05, 4.69) is 21.2 Å². The zero-order valence-corrected chi connectivity index (χ0v) is 11.8. The summed E-state index contributed by atoms with van der Waals surface area (Å²) in [6.45, 7) is 2.78. The SMILES string of the molecule is Cc1cccc(NC(=O)CN2CCCC2=O)c1Br. The second kappa shape index (κ2) is 5.52. The van der Waals surface area contributed by atoms with Gasteiger partial charge in [-0.2, -0.15) is 0 Å². The predicted octanol–water partition coefficient (Wildman–Crippen LogP) is 2.32. The molecule has 0 atom stereocenters. The summed E-state index contributed by atoms with van der Waals surface area (Å²) in [5.41, 5.74) is 1.80. The minimum absolute atomic E-state index is 0.0634. The summed E-state index contributed by atoms with van der Waals surface area (Å²) in [4.78, 5) is 24.9. The molecule has 0 spiro atoms. The highest BCUT2D eigenvalue weighted by molar-refractivity contribution is 9.10. The molecule has 0 unspecified atom stereocenters. The van der Waals surface area contributed by atoms with Crippen LogP contribution in [0.3, 0.4) is 0 Å². The van der Waals surface area contributed by atoms with Gasteiger partial charge >= 0.3 is 0 Å². The molecule has 1 saturated heterocycles. The van der Waals surface area contributed by atoms with E-state index in [1.165, 1.54) is 0 Å². The summed E-state index contributed by atoms with van der Waals surface area (Å²) in [6, 6.07) is 5.68. The quantitative estimate of drug-likeness (QED) is 0.931. The molecule has 1 N–H and O–H groups in total. The van der Waals surface area contributed by atoms with E-state index in [1.54, 1.807) is 4.90 Å². The first-order valence-electron chi connectivity index (χ1n) is 5.90. The molecule has 2 amide bonds. The van der Waals surface area contributed by atoms with E-state index in [4.69, 9.17) is 0 Å². The molecule has 4 nitrogen and oxygen atoms in total. The fourth-order valence-electron chi connectivity index (χ4n) is 1.98. The highest BCUT2D eigenvalue weighted by Crippen LogP contribution is 2.25. The summed E-state index contributed by atoms with van der Waals surface area (Å²) >= 11 is 3.44. The van der Waals surface area contributed by atoms with Crippen molar-refractivity contribution in [3.05, 3.63) is 28.2 Å². The Kier molecular flexibility index (Phi) is 4.01. The van der Waals surface area contributed by atoms with Crippen LogP contribution in [0.25, 0.3) is 0 Å². The number of nitrogens with one attached hydrogen (secondary N) is 1. The minimum atomic E-state index is -0.156. The minimum Gasteiger partial charge on any atom is -0.333 e. The summed E-state index contributed by atoms with van der Waals surface area (Å²) < 4.78 is 0.881. The summed E-state index contributed by atoms with van der Waals surface area (Å²) in [6.07, 6.45) is 1.40. The largest absolute Gasteiger partial charge is 0.333 e. The lowest BCUT2D eigenvalue weighted by molar-refractivity contribution is -0.131. The zero-order valence-electron chi connectivity index (χ0n) is 10.2. The number of halogens is 1. The lowest BCUT2D eigenvalue weighted by atomic mass is 10.2. The first-order valence-corrected chi connectivity index (χ1v) is 6.70. The van der Waals surface area contributed by atoms with Crippen molar-refractivity contribution in [3.63, 3.8) is 0 Å². The van der Waals surface area contributed by atoms with Gasteiger partial charge in [-0.25, -0.2) is 0 Å². The van der Waals surface area contributed by atoms with Gasteiger partial charge in [-0.3, -0.25) is 9.59 Å². The number of hydrogen-bond donors (Lipinski definition) is 1. The third-order valence-corrected chi connectivity index (χ3v) is 4.02. The van der Waals surface area contributed by atoms with Crippen molar-refractivity contribution in [2.45, 2.75) is 19.8 Å². The van der Waals surface area contributed by atoms with E-state index in [9.17, 15) is 9.59 Å². The van der Waals surface area contributed by atoms with E-state index in [0.29, 0.717) is 13.0 Å². The molecular formula is C13H15BrN2O2. The number of rotatable bonds is 3. The van der Waals surface area contributed by atoms with Gasteiger partial charge in [-0.1, -0.05) is 12.1 Å². The van der Waals surface area contributed by atoms with Crippen LogP contribution in [0.2, 0.25) is 0 Å². The van der Waals surface area contributed by atoms with Crippen LogP contribution in [0.15, 0.2) is 22.7 Å². The second-order valence-corrected chi connectivity index (χ2v) is 5.20. The predicted molar refractivity (Wildman–Crippen MR) is 73.3 cm³/mol. The van der Waals surface area contributed by atoms with Gasteiger partial charge in [0.2, 0.25) is 11.8 Å². The van der Waals surface area contributed by atoms with Gasteiger partial charge in [0.1, 0.15) is 0 Å². The fraction of sp³-hybridized carbons (Fsp3) is 0.385.